The summed E-state index contributed by atoms with van der Waals surface area (Å²) in [7, 11) is -1.63. The maximum atomic E-state index is 11.5. The molecule has 1 N–H and O–H groups in total. The lowest BCUT2D eigenvalue weighted by molar-refractivity contribution is -0.0426. The summed E-state index contributed by atoms with van der Waals surface area (Å²) in [6, 6.07) is 0. The van der Waals surface area contributed by atoms with Gasteiger partial charge < -0.3 is 9.84 Å². The molecule has 1 saturated heterocycles. The first-order chi connectivity index (χ1) is 6.37. The summed E-state index contributed by atoms with van der Waals surface area (Å²) in [5.41, 5.74) is -0.839. The first-order valence-corrected chi connectivity index (χ1v) is 6.17. The first kappa shape index (κ1) is 11.9. The second kappa shape index (κ2) is 4.14. The smallest absolute Gasteiger partial charge is 0.214 e. The molecule has 5 nitrogen and oxygen atoms in total. The molecule has 14 heavy (non-hydrogen) atoms. The number of aliphatic hydroxyl groups is 1. The topological polar surface area (TPSA) is 66.8 Å². The molecule has 0 radical (unpaired) electrons. The van der Waals surface area contributed by atoms with E-state index in [1.54, 1.807) is 14.0 Å². The Morgan fingerprint density at radius 3 is 2.50 bits per heavy atom. The van der Waals surface area contributed by atoms with Gasteiger partial charge in [0.1, 0.15) is 0 Å². The molecule has 0 amide bonds. The van der Waals surface area contributed by atoms with Crippen LogP contribution in [0.5, 0.6) is 0 Å². The van der Waals surface area contributed by atoms with Crippen LogP contribution in [0.2, 0.25) is 0 Å². The molecular weight excluding hydrogens is 206 g/mol. The quantitative estimate of drug-likeness (QED) is 0.633. The maximum absolute atomic E-state index is 11.5. The zero-order valence-electron chi connectivity index (χ0n) is 8.56. The van der Waals surface area contributed by atoms with Crippen molar-refractivity contribution in [3.8, 4) is 0 Å². The van der Waals surface area contributed by atoms with Crippen LogP contribution < -0.4 is 0 Å². The minimum Gasteiger partial charge on any atom is -0.387 e. The van der Waals surface area contributed by atoms with Crippen LogP contribution in [0.3, 0.4) is 0 Å². The fraction of sp³-hybridized carbons (Fsp3) is 1.00. The Labute approximate surface area is 84.7 Å². The van der Waals surface area contributed by atoms with Gasteiger partial charge in [0.15, 0.2) is 0 Å². The number of hydrogen-bond acceptors (Lipinski definition) is 4. The molecule has 84 valence electrons. The third kappa shape index (κ3) is 2.91. The molecule has 0 unspecified atom stereocenters. The SMILES string of the molecule is COCCCS(=O)(=O)N1CC(C)(O)C1. The maximum Gasteiger partial charge on any atom is 0.214 e. The predicted octanol–water partition coefficient (Wildman–Crippen LogP) is -0.581. The van der Waals surface area contributed by atoms with Gasteiger partial charge in [-0.15, -0.1) is 0 Å². The summed E-state index contributed by atoms with van der Waals surface area (Å²) in [4.78, 5) is 0. The molecule has 1 rings (SSSR count). The highest BCUT2D eigenvalue weighted by Gasteiger charge is 2.42. The molecule has 0 aromatic carbocycles. The van der Waals surface area contributed by atoms with Gasteiger partial charge in [-0.1, -0.05) is 0 Å². The summed E-state index contributed by atoms with van der Waals surface area (Å²) < 4.78 is 29.2. The number of methoxy groups -OCH3 is 1. The molecule has 0 aromatic heterocycles. The lowest BCUT2D eigenvalue weighted by atomic mass is 10.0. The second-order valence-corrected chi connectivity index (χ2v) is 6.02. The Bertz CT molecular complexity index is 278. The zero-order chi connectivity index (χ0) is 10.8. The second-order valence-electron chi connectivity index (χ2n) is 3.93. The minimum atomic E-state index is -3.17. The van der Waals surface area contributed by atoms with Gasteiger partial charge in [0.25, 0.3) is 0 Å². The van der Waals surface area contributed by atoms with Crippen LogP contribution in [0.4, 0.5) is 0 Å². The van der Waals surface area contributed by atoms with Crippen molar-refractivity contribution >= 4 is 10.0 Å². The highest BCUT2D eigenvalue weighted by molar-refractivity contribution is 7.89. The van der Waals surface area contributed by atoms with Gasteiger partial charge >= 0.3 is 0 Å². The Balaban J connectivity index is 2.36. The van der Waals surface area contributed by atoms with Crippen molar-refractivity contribution in [1.29, 1.82) is 0 Å². The fourth-order valence-electron chi connectivity index (χ4n) is 1.42. The number of rotatable bonds is 5. The van der Waals surface area contributed by atoms with Crippen molar-refractivity contribution in [3.63, 3.8) is 0 Å². The fourth-order valence-corrected chi connectivity index (χ4v) is 3.12. The highest BCUT2D eigenvalue weighted by Crippen LogP contribution is 2.23. The van der Waals surface area contributed by atoms with Gasteiger partial charge in [-0.25, -0.2) is 8.42 Å². The van der Waals surface area contributed by atoms with E-state index in [-0.39, 0.29) is 18.8 Å². The van der Waals surface area contributed by atoms with Crippen LogP contribution >= 0.6 is 0 Å². The number of nitrogens with zero attached hydrogens (tertiary/aromatic N) is 1. The van der Waals surface area contributed by atoms with Crippen molar-refractivity contribution in [3.05, 3.63) is 0 Å². The average molecular weight is 223 g/mol. The van der Waals surface area contributed by atoms with E-state index in [1.165, 1.54) is 4.31 Å². The van der Waals surface area contributed by atoms with Crippen LogP contribution in [0.25, 0.3) is 0 Å². The summed E-state index contributed by atoms with van der Waals surface area (Å²) in [6.07, 6.45) is 0.497. The Morgan fingerprint density at radius 2 is 2.07 bits per heavy atom. The summed E-state index contributed by atoms with van der Waals surface area (Å²) in [6.45, 7) is 2.50. The Kier molecular flexibility index (Phi) is 3.52. The normalized spacial score (nSPS) is 21.9. The van der Waals surface area contributed by atoms with Crippen LogP contribution in [0.15, 0.2) is 0 Å². The van der Waals surface area contributed by atoms with Crippen LogP contribution in [-0.4, -0.2) is 56.0 Å². The molecule has 0 saturated carbocycles. The lowest BCUT2D eigenvalue weighted by Crippen LogP contribution is -2.61. The molecule has 1 heterocycles. The monoisotopic (exact) mass is 223 g/mol. The average Bonchev–Trinajstić information content (AvgIpc) is 2.00. The predicted molar refractivity (Wildman–Crippen MR) is 52.5 cm³/mol. The van der Waals surface area contributed by atoms with Gasteiger partial charge in [0, 0.05) is 26.8 Å². The van der Waals surface area contributed by atoms with Gasteiger partial charge in [0.05, 0.1) is 11.4 Å². The molecule has 1 aliphatic heterocycles. The van der Waals surface area contributed by atoms with Gasteiger partial charge in [-0.2, -0.15) is 4.31 Å². The highest BCUT2D eigenvalue weighted by atomic mass is 32.2. The molecule has 0 atom stereocenters. The van der Waals surface area contributed by atoms with Crippen molar-refractivity contribution in [2.75, 3.05) is 32.6 Å². The summed E-state index contributed by atoms with van der Waals surface area (Å²) in [5.74, 6) is 0.0942. The summed E-state index contributed by atoms with van der Waals surface area (Å²) in [5, 5.41) is 9.39. The van der Waals surface area contributed by atoms with Gasteiger partial charge in [-0.3, -0.25) is 0 Å². The van der Waals surface area contributed by atoms with Crippen LogP contribution in [0.1, 0.15) is 13.3 Å². The van der Waals surface area contributed by atoms with E-state index < -0.39 is 15.6 Å². The lowest BCUT2D eigenvalue weighted by Gasteiger charge is -2.42. The summed E-state index contributed by atoms with van der Waals surface area (Å²) >= 11 is 0. The molecular formula is C8H17NO4S. The number of hydrogen-bond donors (Lipinski definition) is 1. The van der Waals surface area contributed by atoms with Crippen LogP contribution in [-0.2, 0) is 14.8 Å². The van der Waals surface area contributed by atoms with E-state index in [4.69, 9.17) is 4.74 Å². The largest absolute Gasteiger partial charge is 0.387 e. The Morgan fingerprint density at radius 1 is 1.50 bits per heavy atom. The first-order valence-electron chi connectivity index (χ1n) is 4.56. The zero-order valence-corrected chi connectivity index (χ0v) is 9.38. The third-order valence-corrected chi connectivity index (χ3v) is 4.03. The molecule has 0 aliphatic carbocycles. The Hall–Kier alpha value is -0.170. The number of β-amino-alcohol motifs (C(OH)–C–C–N with tert-alkyl or cyclic N) is 1. The number of sulfonamides is 1. The van der Waals surface area contributed by atoms with E-state index in [0.717, 1.165) is 0 Å². The van der Waals surface area contributed by atoms with E-state index >= 15 is 0 Å². The van der Waals surface area contributed by atoms with Crippen molar-refractivity contribution < 1.29 is 18.3 Å². The molecule has 1 fully saturated rings. The third-order valence-electron chi connectivity index (χ3n) is 2.18. The molecule has 6 heteroatoms. The van der Waals surface area contributed by atoms with E-state index in [9.17, 15) is 13.5 Å². The van der Waals surface area contributed by atoms with Crippen molar-refractivity contribution in [2.45, 2.75) is 18.9 Å². The van der Waals surface area contributed by atoms with Crippen LogP contribution in [0, 0.1) is 0 Å². The molecule has 1 aliphatic rings. The van der Waals surface area contributed by atoms with E-state index in [0.29, 0.717) is 13.0 Å². The standard InChI is InChI=1S/C8H17NO4S/c1-8(10)6-9(7-8)14(11,12)5-3-4-13-2/h10H,3-7H2,1-2H3. The van der Waals surface area contributed by atoms with Crippen molar-refractivity contribution in [1.82, 2.24) is 4.31 Å². The molecule has 0 bridgehead atoms. The number of ether oxygens (including phenoxy) is 1. The molecule has 0 spiro atoms. The van der Waals surface area contributed by atoms with Crippen molar-refractivity contribution in [2.24, 2.45) is 0 Å². The minimum absolute atomic E-state index is 0.0942. The molecule has 0 aromatic rings. The van der Waals surface area contributed by atoms with Gasteiger partial charge in [0.2, 0.25) is 10.0 Å². The van der Waals surface area contributed by atoms with Gasteiger partial charge in [-0.05, 0) is 13.3 Å². The van der Waals surface area contributed by atoms with E-state index in [1.807, 2.05) is 0 Å². The van der Waals surface area contributed by atoms with E-state index in [2.05, 4.69) is 0 Å².